The van der Waals surface area contributed by atoms with Crippen molar-refractivity contribution in [2.24, 2.45) is 0 Å². The standard InChI is InChI=1S/C13H12F2O6S/c1-2-9-3-5-10(6-4-9)12(17)21-8-7-11(16)13(14,15)22(18,19)20/h2-6H,1,7-8H2,(H,18,19,20). The van der Waals surface area contributed by atoms with Crippen LogP contribution in [0.2, 0.25) is 0 Å². The van der Waals surface area contributed by atoms with Gasteiger partial charge in [-0.05, 0) is 17.7 Å². The second-order valence-corrected chi connectivity index (χ2v) is 5.59. The quantitative estimate of drug-likeness (QED) is 0.604. The number of ketones is 1. The first-order chi connectivity index (χ1) is 10.1. The van der Waals surface area contributed by atoms with E-state index in [1.54, 1.807) is 18.2 Å². The van der Waals surface area contributed by atoms with Gasteiger partial charge in [0.05, 0.1) is 12.2 Å². The molecule has 0 spiro atoms. The van der Waals surface area contributed by atoms with E-state index in [2.05, 4.69) is 11.3 Å². The Morgan fingerprint density at radius 2 is 1.82 bits per heavy atom. The summed E-state index contributed by atoms with van der Waals surface area (Å²) in [4.78, 5) is 22.6. The topological polar surface area (TPSA) is 97.7 Å². The monoisotopic (exact) mass is 334 g/mol. The third-order valence-electron chi connectivity index (χ3n) is 2.59. The predicted molar refractivity (Wildman–Crippen MR) is 72.9 cm³/mol. The highest BCUT2D eigenvalue weighted by atomic mass is 32.2. The molecular weight excluding hydrogens is 322 g/mol. The minimum atomic E-state index is -5.84. The fraction of sp³-hybridized carbons (Fsp3) is 0.231. The fourth-order valence-corrected chi connectivity index (χ4v) is 1.75. The molecule has 0 radical (unpaired) electrons. The Balaban J connectivity index is 2.58. The summed E-state index contributed by atoms with van der Waals surface area (Å²) in [5.74, 6) is -2.93. The summed E-state index contributed by atoms with van der Waals surface area (Å²) in [6.07, 6.45) is 0.495. The number of alkyl halides is 2. The molecule has 0 fully saturated rings. The SMILES string of the molecule is C=Cc1ccc(C(=O)OCCC(=O)C(F)(F)S(=O)(=O)O)cc1. The predicted octanol–water partition coefficient (Wildman–Crippen LogP) is 1.93. The number of Topliss-reactive ketones (excluding diaryl/α,β-unsaturated/α-hetero) is 1. The molecule has 120 valence electrons. The summed E-state index contributed by atoms with van der Waals surface area (Å²) in [5, 5.41) is -4.93. The maximum absolute atomic E-state index is 12.9. The number of benzene rings is 1. The van der Waals surface area contributed by atoms with Gasteiger partial charge in [-0.2, -0.15) is 17.2 Å². The van der Waals surface area contributed by atoms with Gasteiger partial charge in [-0.15, -0.1) is 0 Å². The van der Waals surface area contributed by atoms with Crippen LogP contribution in [-0.4, -0.2) is 36.6 Å². The van der Waals surface area contributed by atoms with Crippen molar-refractivity contribution >= 4 is 27.9 Å². The largest absolute Gasteiger partial charge is 0.462 e. The summed E-state index contributed by atoms with van der Waals surface area (Å²) < 4.78 is 59.3. The first-order valence-electron chi connectivity index (χ1n) is 5.87. The van der Waals surface area contributed by atoms with E-state index in [9.17, 15) is 26.8 Å². The van der Waals surface area contributed by atoms with Crippen molar-refractivity contribution in [2.45, 2.75) is 11.7 Å². The minimum Gasteiger partial charge on any atom is -0.462 e. The average Bonchev–Trinajstić information content (AvgIpc) is 2.45. The molecule has 0 aliphatic rings. The molecule has 0 bridgehead atoms. The van der Waals surface area contributed by atoms with Gasteiger partial charge in [0.2, 0.25) is 5.78 Å². The highest BCUT2D eigenvalue weighted by Crippen LogP contribution is 2.23. The lowest BCUT2D eigenvalue weighted by Crippen LogP contribution is -2.38. The summed E-state index contributed by atoms with van der Waals surface area (Å²) >= 11 is 0. The lowest BCUT2D eigenvalue weighted by atomic mass is 10.1. The van der Waals surface area contributed by atoms with Crippen molar-refractivity contribution in [1.29, 1.82) is 0 Å². The zero-order chi connectivity index (χ0) is 17.0. The Kier molecular flexibility index (Phi) is 5.50. The van der Waals surface area contributed by atoms with Gasteiger partial charge in [0, 0.05) is 6.42 Å². The van der Waals surface area contributed by atoms with Crippen LogP contribution >= 0.6 is 0 Å². The van der Waals surface area contributed by atoms with Gasteiger partial charge in [-0.1, -0.05) is 24.8 Å². The maximum atomic E-state index is 12.9. The number of halogens is 2. The van der Waals surface area contributed by atoms with Crippen LogP contribution in [0.4, 0.5) is 8.78 Å². The molecule has 0 aliphatic heterocycles. The molecule has 0 aromatic heterocycles. The molecule has 0 aliphatic carbocycles. The maximum Gasteiger partial charge on any atom is 0.426 e. The molecule has 22 heavy (non-hydrogen) atoms. The molecule has 1 aromatic rings. The molecule has 0 saturated heterocycles. The minimum absolute atomic E-state index is 0.125. The molecule has 0 unspecified atom stereocenters. The van der Waals surface area contributed by atoms with Crippen LogP contribution in [0.25, 0.3) is 6.08 Å². The van der Waals surface area contributed by atoms with Crippen LogP contribution in [0.5, 0.6) is 0 Å². The van der Waals surface area contributed by atoms with Gasteiger partial charge >= 0.3 is 21.3 Å². The van der Waals surface area contributed by atoms with Gasteiger partial charge in [0.1, 0.15) is 0 Å². The molecule has 9 heteroatoms. The van der Waals surface area contributed by atoms with Crippen molar-refractivity contribution in [3.63, 3.8) is 0 Å². The molecule has 0 atom stereocenters. The van der Waals surface area contributed by atoms with Crippen molar-refractivity contribution in [3.05, 3.63) is 42.0 Å². The molecule has 1 rings (SSSR count). The number of hydrogen-bond donors (Lipinski definition) is 1. The van der Waals surface area contributed by atoms with Crippen LogP contribution in [0.15, 0.2) is 30.8 Å². The Morgan fingerprint density at radius 3 is 2.27 bits per heavy atom. The van der Waals surface area contributed by atoms with Crippen molar-refractivity contribution < 1.29 is 36.1 Å². The summed E-state index contributed by atoms with van der Waals surface area (Å²) in [5.41, 5.74) is 0.874. The van der Waals surface area contributed by atoms with E-state index >= 15 is 0 Å². The lowest BCUT2D eigenvalue weighted by molar-refractivity contribution is -0.134. The molecule has 1 aromatic carbocycles. The second-order valence-electron chi connectivity index (χ2n) is 4.13. The van der Waals surface area contributed by atoms with Gasteiger partial charge < -0.3 is 4.74 Å². The smallest absolute Gasteiger partial charge is 0.426 e. The van der Waals surface area contributed by atoms with Crippen molar-refractivity contribution in [2.75, 3.05) is 6.61 Å². The van der Waals surface area contributed by atoms with Crippen molar-refractivity contribution in [3.8, 4) is 0 Å². The van der Waals surface area contributed by atoms with E-state index < -0.39 is 40.2 Å². The van der Waals surface area contributed by atoms with Crippen LogP contribution < -0.4 is 0 Å². The molecule has 6 nitrogen and oxygen atoms in total. The van der Waals surface area contributed by atoms with Gasteiger partial charge in [-0.3, -0.25) is 9.35 Å². The van der Waals surface area contributed by atoms with Crippen LogP contribution in [-0.2, 0) is 19.6 Å². The van der Waals surface area contributed by atoms with E-state index in [0.717, 1.165) is 5.56 Å². The van der Waals surface area contributed by atoms with E-state index in [4.69, 9.17) is 4.55 Å². The molecular formula is C13H12F2O6S. The number of esters is 1. The summed E-state index contributed by atoms with van der Waals surface area (Å²) in [7, 11) is -5.84. The Hall–Kier alpha value is -2.13. The number of carbonyl (C=O) groups is 2. The molecule has 0 amide bonds. The third kappa shape index (κ3) is 4.18. The fourth-order valence-electron chi connectivity index (χ4n) is 1.36. The van der Waals surface area contributed by atoms with Gasteiger partial charge in [0.25, 0.3) is 0 Å². The highest BCUT2D eigenvalue weighted by molar-refractivity contribution is 7.87. The van der Waals surface area contributed by atoms with Crippen LogP contribution in [0.3, 0.4) is 0 Å². The zero-order valence-electron chi connectivity index (χ0n) is 11.2. The van der Waals surface area contributed by atoms with Crippen LogP contribution in [0.1, 0.15) is 22.3 Å². The van der Waals surface area contributed by atoms with Crippen LogP contribution in [0, 0.1) is 0 Å². The summed E-state index contributed by atoms with van der Waals surface area (Å²) in [6.45, 7) is 2.78. The second kappa shape index (κ2) is 6.75. The number of hydrogen-bond acceptors (Lipinski definition) is 5. The Labute approximate surface area is 125 Å². The number of carbonyl (C=O) groups excluding carboxylic acids is 2. The third-order valence-corrected chi connectivity index (χ3v) is 3.47. The molecule has 0 saturated carbocycles. The van der Waals surface area contributed by atoms with E-state index in [0.29, 0.717) is 0 Å². The van der Waals surface area contributed by atoms with Crippen molar-refractivity contribution in [1.82, 2.24) is 0 Å². The number of rotatable bonds is 7. The molecule has 1 N–H and O–H groups in total. The summed E-state index contributed by atoms with van der Waals surface area (Å²) in [6, 6.07) is 5.96. The first-order valence-corrected chi connectivity index (χ1v) is 7.31. The van der Waals surface area contributed by atoms with Gasteiger partial charge in [0.15, 0.2) is 0 Å². The normalized spacial score (nSPS) is 11.8. The van der Waals surface area contributed by atoms with E-state index in [1.165, 1.54) is 12.1 Å². The zero-order valence-corrected chi connectivity index (χ0v) is 12.0. The molecule has 0 heterocycles. The van der Waals surface area contributed by atoms with E-state index in [-0.39, 0.29) is 5.56 Å². The van der Waals surface area contributed by atoms with E-state index in [1.807, 2.05) is 0 Å². The number of ether oxygens (including phenoxy) is 1. The first kappa shape index (κ1) is 17.9. The lowest BCUT2D eigenvalue weighted by Gasteiger charge is -2.11. The average molecular weight is 334 g/mol. The highest BCUT2D eigenvalue weighted by Gasteiger charge is 2.51. The Morgan fingerprint density at radius 1 is 1.27 bits per heavy atom. The Bertz CT molecular complexity index is 679. The van der Waals surface area contributed by atoms with Gasteiger partial charge in [-0.25, -0.2) is 4.79 Å².